The van der Waals surface area contributed by atoms with E-state index in [0.717, 1.165) is 11.1 Å². The number of amides is 1. The van der Waals surface area contributed by atoms with Crippen molar-refractivity contribution in [3.05, 3.63) is 58.1 Å². The quantitative estimate of drug-likeness (QED) is 0.876. The number of carbonyl (C=O) groups excluding carboxylic acids is 1. The van der Waals surface area contributed by atoms with Crippen LogP contribution in [0.4, 0.5) is 0 Å². The Labute approximate surface area is 116 Å². The van der Waals surface area contributed by atoms with Crippen molar-refractivity contribution in [1.82, 2.24) is 15.3 Å². The van der Waals surface area contributed by atoms with Gasteiger partial charge in [0.1, 0.15) is 5.69 Å². The zero-order valence-electron chi connectivity index (χ0n) is 10.8. The number of rotatable bonds is 3. The lowest BCUT2D eigenvalue weighted by Gasteiger charge is -2.07. The summed E-state index contributed by atoms with van der Waals surface area (Å²) in [6, 6.07) is 9.51. The van der Waals surface area contributed by atoms with Gasteiger partial charge >= 0.3 is 0 Å². The fraction of sp³-hybridized carbons (Fsp3) is 0.214. The van der Waals surface area contributed by atoms with Crippen molar-refractivity contribution in [3.8, 4) is 0 Å². The van der Waals surface area contributed by atoms with E-state index in [1.54, 1.807) is 13.0 Å². The van der Waals surface area contributed by atoms with Gasteiger partial charge in [0.05, 0.1) is 0 Å². The summed E-state index contributed by atoms with van der Waals surface area (Å²) in [4.78, 5) is 19.8. The molecule has 4 nitrogen and oxygen atoms in total. The molecule has 1 heterocycles. The summed E-state index contributed by atoms with van der Waals surface area (Å²) < 4.78 is 0. The smallest absolute Gasteiger partial charge is 0.270 e. The second kappa shape index (κ2) is 5.80. The Morgan fingerprint density at radius 2 is 2.00 bits per heavy atom. The van der Waals surface area contributed by atoms with Gasteiger partial charge < -0.3 is 5.32 Å². The van der Waals surface area contributed by atoms with Crippen molar-refractivity contribution in [2.75, 3.05) is 0 Å². The van der Waals surface area contributed by atoms with Crippen LogP contribution in [0.5, 0.6) is 0 Å². The van der Waals surface area contributed by atoms with Gasteiger partial charge in [-0.2, -0.15) is 0 Å². The van der Waals surface area contributed by atoms with Crippen LogP contribution >= 0.6 is 11.6 Å². The number of aromatic nitrogens is 2. The summed E-state index contributed by atoms with van der Waals surface area (Å²) in [6.45, 7) is 4.24. The maximum atomic E-state index is 12.0. The molecule has 1 N–H and O–H groups in total. The van der Waals surface area contributed by atoms with Gasteiger partial charge in [-0.05, 0) is 42.6 Å². The summed E-state index contributed by atoms with van der Waals surface area (Å²) in [5.74, 6) is -0.254. The highest BCUT2D eigenvalue weighted by Gasteiger charge is 2.09. The number of halogens is 1. The molecule has 0 aliphatic carbocycles. The second-order valence-electron chi connectivity index (χ2n) is 4.27. The van der Waals surface area contributed by atoms with Gasteiger partial charge in [-0.25, -0.2) is 9.97 Å². The summed E-state index contributed by atoms with van der Waals surface area (Å²) >= 11 is 5.73. The van der Waals surface area contributed by atoms with E-state index >= 15 is 0 Å². The summed E-state index contributed by atoms with van der Waals surface area (Å²) in [5.41, 5.74) is 3.17. The molecule has 0 saturated heterocycles. The van der Waals surface area contributed by atoms with E-state index in [1.807, 2.05) is 31.2 Å². The zero-order chi connectivity index (χ0) is 13.8. The van der Waals surface area contributed by atoms with Crippen LogP contribution in [0.15, 0.2) is 30.3 Å². The Balaban J connectivity index is 2.08. The standard InChI is InChI=1S/C14H14ClN3O/c1-9-5-3-4-6-11(9)8-16-13(19)12-7-10(2)17-14(15)18-12/h3-7H,8H2,1-2H3,(H,16,19). The van der Waals surface area contributed by atoms with E-state index in [-0.39, 0.29) is 16.9 Å². The third kappa shape index (κ3) is 3.51. The summed E-state index contributed by atoms with van der Waals surface area (Å²) in [7, 11) is 0. The van der Waals surface area contributed by atoms with Crippen LogP contribution < -0.4 is 5.32 Å². The molecule has 98 valence electrons. The molecule has 2 aromatic rings. The normalized spacial score (nSPS) is 10.3. The summed E-state index contributed by atoms with van der Waals surface area (Å²) in [5, 5.41) is 2.91. The molecule has 5 heteroatoms. The molecule has 0 aliphatic rings. The fourth-order valence-electron chi connectivity index (χ4n) is 1.72. The molecule has 1 aromatic carbocycles. The second-order valence-corrected chi connectivity index (χ2v) is 4.61. The van der Waals surface area contributed by atoms with Crippen LogP contribution in [0.2, 0.25) is 5.28 Å². The van der Waals surface area contributed by atoms with Crippen LogP contribution in [-0.4, -0.2) is 15.9 Å². The number of benzene rings is 1. The first-order valence-corrected chi connectivity index (χ1v) is 6.28. The van der Waals surface area contributed by atoms with Crippen molar-refractivity contribution in [2.45, 2.75) is 20.4 Å². The Morgan fingerprint density at radius 3 is 2.68 bits per heavy atom. The van der Waals surface area contributed by atoms with Crippen LogP contribution in [0.1, 0.15) is 27.3 Å². The minimum Gasteiger partial charge on any atom is -0.347 e. The molecule has 0 spiro atoms. The molecule has 19 heavy (non-hydrogen) atoms. The van der Waals surface area contributed by atoms with Gasteiger partial charge in [-0.3, -0.25) is 4.79 Å². The van der Waals surface area contributed by atoms with Gasteiger partial charge in [-0.1, -0.05) is 24.3 Å². The number of aryl methyl sites for hydroxylation is 2. The first-order valence-electron chi connectivity index (χ1n) is 5.90. The van der Waals surface area contributed by atoms with E-state index < -0.39 is 0 Å². The Bertz CT molecular complexity index is 593. The van der Waals surface area contributed by atoms with Gasteiger partial charge in [0, 0.05) is 12.2 Å². The highest BCUT2D eigenvalue weighted by Crippen LogP contribution is 2.08. The highest BCUT2D eigenvalue weighted by atomic mass is 35.5. The summed E-state index contributed by atoms with van der Waals surface area (Å²) in [6.07, 6.45) is 0. The third-order valence-electron chi connectivity index (χ3n) is 2.76. The van der Waals surface area contributed by atoms with Crippen molar-refractivity contribution in [3.63, 3.8) is 0 Å². The Kier molecular flexibility index (Phi) is 4.12. The van der Waals surface area contributed by atoms with E-state index in [9.17, 15) is 4.79 Å². The molecule has 1 aromatic heterocycles. The van der Waals surface area contributed by atoms with E-state index in [4.69, 9.17) is 11.6 Å². The molecule has 1 amide bonds. The minimum absolute atomic E-state index is 0.0843. The molecule has 2 rings (SSSR count). The zero-order valence-corrected chi connectivity index (χ0v) is 11.5. The Morgan fingerprint density at radius 1 is 1.26 bits per heavy atom. The molecular formula is C14H14ClN3O. The van der Waals surface area contributed by atoms with Gasteiger partial charge in [0.2, 0.25) is 5.28 Å². The average Bonchev–Trinajstić information content (AvgIpc) is 2.36. The third-order valence-corrected chi connectivity index (χ3v) is 2.93. The number of carbonyl (C=O) groups is 1. The topological polar surface area (TPSA) is 54.9 Å². The lowest BCUT2D eigenvalue weighted by molar-refractivity contribution is 0.0945. The predicted molar refractivity (Wildman–Crippen MR) is 74.1 cm³/mol. The molecule has 0 radical (unpaired) electrons. The van der Waals surface area contributed by atoms with E-state index in [0.29, 0.717) is 12.2 Å². The number of nitrogens with zero attached hydrogens (tertiary/aromatic N) is 2. The molecule has 0 saturated carbocycles. The average molecular weight is 276 g/mol. The maximum absolute atomic E-state index is 12.0. The van der Waals surface area contributed by atoms with Crippen LogP contribution in [0.3, 0.4) is 0 Å². The van der Waals surface area contributed by atoms with Crippen molar-refractivity contribution >= 4 is 17.5 Å². The highest BCUT2D eigenvalue weighted by molar-refractivity contribution is 6.28. The van der Waals surface area contributed by atoms with Crippen molar-refractivity contribution in [1.29, 1.82) is 0 Å². The van der Waals surface area contributed by atoms with Crippen molar-refractivity contribution in [2.24, 2.45) is 0 Å². The molecule has 0 atom stereocenters. The van der Waals surface area contributed by atoms with Gasteiger partial charge in [-0.15, -0.1) is 0 Å². The SMILES string of the molecule is Cc1cc(C(=O)NCc2ccccc2C)nc(Cl)n1. The monoisotopic (exact) mass is 275 g/mol. The molecule has 0 bridgehead atoms. The predicted octanol–water partition coefficient (Wildman–Crippen LogP) is 2.68. The number of hydrogen-bond donors (Lipinski definition) is 1. The van der Waals surface area contributed by atoms with E-state index in [2.05, 4.69) is 15.3 Å². The fourth-order valence-corrected chi connectivity index (χ4v) is 1.95. The van der Waals surface area contributed by atoms with Crippen LogP contribution in [-0.2, 0) is 6.54 Å². The van der Waals surface area contributed by atoms with E-state index in [1.165, 1.54) is 0 Å². The van der Waals surface area contributed by atoms with Crippen LogP contribution in [0.25, 0.3) is 0 Å². The number of hydrogen-bond acceptors (Lipinski definition) is 3. The first kappa shape index (κ1) is 13.5. The maximum Gasteiger partial charge on any atom is 0.270 e. The minimum atomic E-state index is -0.254. The first-order chi connectivity index (χ1) is 9.06. The molecule has 0 fully saturated rings. The number of nitrogens with one attached hydrogen (secondary N) is 1. The lowest BCUT2D eigenvalue weighted by atomic mass is 10.1. The Hall–Kier alpha value is -1.94. The van der Waals surface area contributed by atoms with Gasteiger partial charge in [0.15, 0.2) is 0 Å². The molecule has 0 aliphatic heterocycles. The van der Waals surface area contributed by atoms with Crippen molar-refractivity contribution < 1.29 is 4.79 Å². The van der Waals surface area contributed by atoms with Gasteiger partial charge in [0.25, 0.3) is 5.91 Å². The largest absolute Gasteiger partial charge is 0.347 e. The molecule has 0 unspecified atom stereocenters. The molecular weight excluding hydrogens is 262 g/mol. The lowest BCUT2D eigenvalue weighted by Crippen LogP contribution is -2.24. The van der Waals surface area contributed by atoms with Crippen LogP contribution in [0, 0.1) is 13.8 Å².